The first kappa shape index (κ1) is 34.5. The summed E-state index contributed by atoms with van der Waals surface area (Å²) in [5.74, 6) is 2.96. The molecule has 0 saturated heterocycles. The Hall–Kier alpha value is -0.480. The summed E-state index contributed by atoms with van der Waals surface area (Å²) in [7, 11) is 4.42. The van der Waals surface area contributed by atoms with E-state index in [1.54, 1.807) is 0 Å². The van der Waals surface area contributed by atoms with E-state index in [1.165, 1.54) is 121 Å². The Morgan fingerprint density at radius 2 is 1.17 bits per heavy atom. The van der Waals surface area contributed by atoms with Crippen molar-refractivity contribution in [2.75, 3.05) is 45.2 Å². The summed E-state index contributed by atoms with van der Waals surface area (Å²) in [5.41, 5.74) is 0. The molecule has 3 nitrogen and oxygen atoms in total. The fraction of sp³-hybridized carbons (Fsp3) is 0.903. The van der Waals surface area contributed by atoms with Crippen LogP contribution >= 0.6 is 11.8 Å². The number of thioether (sulfide) groups is 1. The molecule has 208 valence electrons. The summed E-state index contributed by atoms with van der Waals surface area (Å²) in [4.78, 5) is 12.0. The van der Waals surface area contributed by atoms with Gasteiger partial charge in [0.25, 0.3) is 0 Å². The molecule has 4 heteroatoms. The Kier molecular flexibility index (Phi) is 26.2. The summed E-state index contributed by atoms with van der Waals surface area (Å²) < 4.78 is 0.942. The van der Waals surface area contributed by atoms with Gasteiger partial charge in [0, 0.05) is 19.4 Å². The number of hydrogen-bond donors (Lipinski definition) is 1. The molecule has 0 atom stereocenters. The zero-order valence-corrected chi connectivity index (χ0v) is 25.0. The van der Waals surface area contributed by atoms with Gasteiger partial charge in [-0.15, -0.1) is 0 Å². The van der Waals surface area contributed by atoms with E-state index in [-0.39, 0.29) is 5.91 Å². The van der Waals surface area contributed by atoms with Crippen molar-refractivity contribution in [1.29, 1.82) is 0 Å². The highest BCUT2D eigenvalue weighted by atomic mass is 32.2. The first-order chi connectivity index (χ1) is 17.0. The van der Waals surface area contributed by atoms with E-state index in [4.69, 9.17) is 0 Å². The number of nitrogens with one attached hydrogen (secondary N) is 1. The highest BCUT2D eigenvalue weighted by molar-refractivity contribution is 7.99. The van der Waals surface area contributed by atoms with Crippen molar-refractivity contribution < 1.29 is 9.28 Å². The number of carbonyl (C=O) groups is 1. The molecule has 0 bridgehead atoms. The summed E-state index contributed by atoms with van der Waals surface area (Å²) >= 11 is 2.18. The van der Waals surface area contributed by atoms with Crippen LogP contribution in [0.3, 0.4) is 0 Å². The van der Waals surface area contributed by atoms with E-state index >= 15 is 0 Å². The standard InChI is InChI=1S/C31H62N2OS/c1-5-7-8-9-10-11-13-16-19-22-29-35-30-23-20-17-14-12-15-18-21-25-31(34)32-26-24-28-33(3,4)27-6-2/h6H,2,5,7-30H2,1,3-4H3/p+1. The number of unbranched alkanes of at least 4 members (excludes halogenated alkanes) is 16. The van der Waals surface area contributed by atoms with Crippen LogP contribution in [-0.2, 0) is 4.79 Å². The average Bonchev–Trinajstić information content (AvgIpc) is 2.83. The lowest BCUT2D eigenvalue weighted by Crippen LogP contribution is -2.41. The Morgan fingerprint density at radius 3 is 1.66 bits per heavy atom. The molecular formula is C31H63N2OS+. The Labute approximate surface area is 225 Å². The zero-order chi connectivity index (χ0) is 25.9. The molecule has 0 radical (unpaired) electrons. The molecule has 0 unspecified atom stereocenters. The van der Waals surface area contributed by atoms with Crippen LogP contribution in [0.5, 0.6) is 0 Å². The van der Waals surface area contributed by atoms with Crippen LogP contribution < -0.4 is 5.32 Å². The summed E-state index contributed by atoms with van der Waals surface area (Å²) in [6.45, 7) is 8.96. The Balaban J connectivity index is 3.20. The number of quaternary nitrogens is 1. The maximum absolute atomic E-state index is 12.0. The van der Waals surface area contributed by atoms with Gasteiger partial charge < -0.3 is 9.80 Å². The van der Waals surface area contributed by atoms with Crippen LogP contribution in [0.15, 0.2) is 12.7 Å². The van der Waals surface area contributed by atoms with E-state index in [0.29, 0.717) is 6.42 Å². The second kappa shape index (κ2) is 26.6. The third-order valence-corrected chi connectivity index (χ3v) is 8.13. The molecule has 0 saturated carbocycles. The van der Waals surface area contributed by atoms with Gasteiger partial charge >= 0.3 is 0 Å². The molecule has 0 rings (SSSR count). The fourth-order valence-corrected chi connectivity index (χ4v) is 5.63. The van der Waals surface area contributed by atoms with Crippen molar-refractivity contribution in [3.63, 3.8) is 0 Å². The van der Waals surface area contributed by atoms with Gasteiger partial charge in [0.05, 0.1) is 27.2 Å². The molecule has 0 aromatic carbocycles. The number of rotatable bonds is 28. The monoisotopic (exact) mass is 511 g/mol. The smallest absolute Gasteiger partial charge is 0.219 e. The molecule has 0 aliphatic rings. The first-order valence-electron chi connectivity index (χ1n) is 15.3. The zero-order valence-electron chi connectivity index (χ0n) is 24.2. The quantitative estimate of drug-likeness (QED) is 0.0645. The van der Waals surface area contributed by atoms with Gasteiger partial charge in [0.15, 0.2) is 0 Å². The molecule has 0 aromatic rings. The largest absolute Gasteiger partial charge is 0.356 e. The Morgan fingerprint density at radius 1 is 0.714 bits per heavy atom. The first-order valence-corrected chi connectivity index (χ1v) is 16.4. The molecule has 1 N–H and O–H groups in total. The number of nitrogens with zero attached hydrogens (tertiary/aromatic N) is 1. The molecule has 0 spiro atoms. The molecule has 0 aliphatic heterocycles. The van der Waals surface area contributed by atoms with Gasteiger partial charge in [0.2, 0.25) is 5.91 Å². The highest BCUT2D eigenvalue weighted by Gasteiger charge is 2.11. The van der Waals surface area contributed by atoms with Crippen molar-refractivity contribution in [2.24, 2.45) is 0 Å². The molecule has 35 heavy (non-hydrogen) atoms. The highest BCUT2D eigenvalue weighted by Crippen LogP contribution is 2.15. The minimum Gasteiger partial charge on any atom is -0.356 e. The summed E-state index contributed by atoms with van der Waals surface area (Å²) in [6.07, 6.45) is 28.5. The van der Waals surface area contributed by atoms with Crippen molar-refractivity contribution in [3.05, 3.63) is 12.7 Å². The Bertz CT molecular complexity index is 467. The minimum atomic E-state index is 0.231. The molecular weight excluding hydrogens is 448 g/mol. The van der Waals surface area contributed by atoms with E-state index in [9.17, 15) is 4.79 Å². The predicted molar refractivity (Wildman–Crippen MR) is 160 cm³/mol. The van der Waals surface area contributed by atoms with E-state index in [1.807, 2.05) is 6.08 Å². The topological polar surface area (TPSA) is 29.1 Å². The lowest BCUT2D eigenvalue weighted by Gasteiger charge is -2.28. The van der Waals surface area contributed by atoms with Crippen LogP contribution in [-0.4, -0.2) is 55.6 Å². The fourth-order valence-electron chi connectivity index (χ4n) is 4.61. The van der Waals surface area contributed by atoms with Crippen LogP contribution in [0, 0.1) is 0 Å². The second-order valence-electron chi connectivity index (χ2n) is 11.2. The molecule has 1 amide bonds. The van der Waals surface area contributed by atoms with Gasteiger partial charge in [-0.3, -0.25) is 4.79 Å². The number of carbonyl (C=O) groups excluding carboxylic acids is 1. The van der Waals surface area contributed by atoms with Crippen LogP contribution in [0.4, 0.5) is 0 Å². The van der Waals surface area contributed by atoms with Gasteiger partial charge in [-0.25, -0.2) is 0 Å². The van der Waals surface area contributed by atoms with E-state index < -0.39 is 0 Å². The second-order valence-corrected chi connectivity index (χ2v) is 12.4. The van der Waals surface area contributed by atoms with Crippen LogP contribution in [0.1, 0.15) is 135 Å². The van der Waals surface area contributed by atoms with Gasteiger partial charge in [0.1, 0.15) is 0 Å². The van der Waals surface area contributed by atoms with Crippen LogP contribution in [0.25, 0.3) is 0 Å². The van der Waals surface area contributed by atoms with E-state index in [0.717, 1.165) is 37.0 Å². The van der Waals surface area contributed by atoms with Gasteiger partial charge in [-0.05, 0) is 36.8 Å². The number of likely N-dealkylation sites (N-methyl/N-ethyl adjacent to an activating group) is 1. The molecule has 0 aromatic heterocycles. The third-order valence-electron chi connectivity index (χ3n) is 6.97. The maximum Gasteiger partial charge on any atom is 0.219 e. The van der Waals surface area contributed by atoms with Crippen molar-refractivity contribution >= 4 is 17.7 Å². The summed E-state index contributed by atoms with van der Waals surface area (Å²) in [6, 6.07) is 0. The van der Waals surface area contributed by atoms with E-state index in [2.05, 4.69) is 44.7 Å². The minimum absolute atomic E-state index is 0.231. The average molecular weight is 512 g/mol. The van der Waals surface area contributed by atoms with Crippen molar-refractivity contribution in [3.8, 4) is 0 Å². The lowest BCUT2D eigenvalue weighted by atomic mass is 10.1. The van der Waals surface area contributed by atoms with Crippen LogP contribution in [0.2, 0.25) is 0 Å². The maximum atomic E-state index is 12.0. The van der Waals surface area contributed by atoms with Crippen molar-refractivity contribution in [1.82, 2.24) is 5.32 Å². The van der Waals surface area contributed by atoms with Crippen molar-refractivity contribution in [2.45, 2.75) is 135 Å². The normalized spacial score (nSPS) is 11.6. The lowest BCUT2D eigenvalue weighted by molar-refractivity contribution is -0.884. The summed E-state index contributed by atoms with van der Waals surface area (Å²) in [5, 5.41) is 3.08. The SMILES string of the molecule is C=CC[N+](C)(C)CCCNC(=O)CCCCCCCCCCSCCCCCCCCCCCC. The molecule has 0 aliphatic carbocycles. The number of amides is 1. The molecule has 0 heterocycles. The number of hydrogen-bond acceptors (Lipinski definition) is 2. The van der Waals surface area contributed by atoms with Gasteiger partial charge in [-0.2, -0.15) is 11.8 Å². The predicted octanol–water partition coefficient (Wildman–Crippen LogP) is 8.92. The third kappa shape index (κ3) is 27.9. The van der Waals surface area contributed by atoms with Gasteiger partial charge in [-0.1, -0.05) is 110 Å². The molecule has 0 fully saturated rings.